The number of aliphatic hydroxyl groups excluding tert-OH is 1. The third-order valence-electron chi connectivity index (χ3n) is 3.91. The number of hydrogen-bond donors (Lipinski definition) is 2. The van der Waals surface area contributed by atoms with Crippen molar-refractivity contribution in [2.24, 2.45) is 5.92 Å². The van der Waals surface area contributed by atoms with E-state index in [-0.39, 0.29) is 5.91 Å². The maximum atomic E-state index is 11.8. The lowest BCUT2D eigenvalue weighted by atomic mass is 10.0. The lowest BCUT2D eigenvalue weighted by Crippen LogP contribution is -2.33. The summed E-state index contributed by atoms with van der Waals surface area (Å²) >= 11 is 0. The third-order valence-corrected chi connectivity index (χ3v) is 3.91. The minimum atomic E-state index is -0.481. The van der Waals surface area contributed by atoms with E-state index in [2.05, 4.69) is 5.32 Å². The molecule has 1 fully saturated rings. The molecule has 4 nitrogen and oxygen atoms in total. The Bertz CT molecular complexity index is 415. The number of hydrogen-bond acceptors (Lipinski definition) is 3. The fraction of sp³-hybridized carbons (Fsp3) is 0.588. The van der Waals surface area contributed by atoms with Gasteiger partial charge in [0.05, 0.1) is 12.7 Å². The van der Waals surface area contributed by atoms with Crippen molar-refractivity contribution in [3.63, 3.8) is 0 Å². The van der Waals surface area contributed by atoms with E-state index in [1.807, 2.05) is 30.3 Å². The zero-order chi connectivity index (χ0) is 14.9. The van der Waals surface area contributed by atoms with Gasteiger partial charge in [-0.25, -0.2) is 0 Å². The molecule has 0 radical (unpaired) electrons. The second-order valence-corrected chi connectivity index (χ2v) is 5.71. The normalized spacial score (nSPS) is 20.0. The van der Waals surface area contributed by atoms with Gasteiger partial charge in [0.2, 0.25) is 5.91 Å². The summed E-state index contributed by atoms with van der Waals surface area (Å²) in [5.41, 5.74) is 0.914. The SMILES string of the molecule is O=C(CCC[C@@H](O)c1ccccc1)NC[C@@H]1CCCOC1. The van der Waals surface area contributed by atoms with Crippen LogP contribution in [0.4, 0.5) is 0 Å². The molecule has 0 aliphatic carbocycles. The van der Waals surface area contributed by atoms with Crippen LogP contribution in [0.3, 0.4) is 0 Å². The summed E-state index contributed by atoms with van der Waals surface area (Å²) in [6.45, 7) is 2.31. The van der Waals surface area contributed by atoms with Gasteiger partial charge in [-0.3, -0.25) is 4.79 Å². The largest absolute Gasteiger partial charge is 0.388 e. The molecule has 0 bridgehead atoms. The average Bonchev–Trinajstić information content (AvgIpc) is 2.54. The predicted molar refractivity (Wildman–Crippen MR) is 81.8 cm³/mol. The van der Waals surface area contributed by atoms with Crippen molar-refractivity contribution >= 4 is 5.91 Å². The highest BCUT2D eigenvalue weighted by atomic mass is 16.5. The monoisotopic (exact) mass is 291 g/mol. The van der Waals surface area contributed by atoms with Crippen LogP contribution in [0.25, 0.3) is 0 Å². The van der Waals surface area contributed by atoms with Gasteiger partial charge in [0.25, 0.3) is 0 Å². The van der Waals surface area contributed by atoms with Gasteiger partial charge in [-0.15, -0.1) is 0 Å². The molecular weight excluding hydrogens is 266 g/mol. The van der Waals surface area contributed by atoms with Crippen LogP contribution < -0.4 is 5.32 Å². The molecule has 116 valence electrons. The van der Waals surface area contributed by atoms with Crippen molar-refractivity contribution < 1.29 is 14.6 Å². The van der Waals surface area contributed by atoms with Crippen molar-refractivity contribution in [2.75, 3.05) is 19.8 Å². The molecule has 21 heavy (non-hydrogen) atoms. The van der Waals surface area contributed by atoms with Gasteiger partial charge in [-0.05, 0) is 37.2 Å². The molecule has 0 aromatic heterocycles. The maximum absolute atomic E-state index is 11.8. The van der Waals surface area contributed by atoms with Crippen LogP contribution in [-0.4, -0.2) is 30.8 Å². The van der Waals surface area contributed by atoms with Crippen LogP contribution in [0.2, 0.25) is 0 Å². The first-order valence-electron chi connectivity index (χ1n) is 7.83. The molecule has 0 saturated carbocycles. The number of benzene rings is 1. The molecule has 4 heteroatoms. The Morgan fingerprint density at radius 2 is 2.19 bits per heavy atom. The number of carbonyl (C=O) groups excluding carboxylic acids is 1. The second-order valence-electron chi connectivity index (χ2n) is 5.71. The molecule has 1 aromatic rings. The van der Waals surface area contributed by atoms with Crippen LogP contribution in [0.5, 0.6) is 0 Å². The lowest BCUT2D eigenvalue weighted by Gasteiger charge is -2.22. The molecule has 1 heterocycles. The number of amides is 1. The second kappa shape index (κ2) is 8.80. The van der Waals surface area contributed by atoms with Crippen LogP contribution in [0, 0.1) is 5.92 Å². The molecule has 2 atom stereocenters. The van der Waals surface area contributed by atoms with E-state index in [1.54, 1.807) is 0 Å². The van der Waals surface area contributed by atoms with Crippen molar-refractivity contribution in [3.05, 3.63) is 35.9 Å². The first-order chi connectivity index (χ1) is 10.3. The van der Waals surface area contributed by atoms with E-state index in [4.69, 9.17) is 4.74 Å². The van der Waals surface area contributed by atoms with E-state index in [0.29, 0.717) is 31.7 Å². The lowest BCUT2D eigenvalue weighted by molar-refractivity contribution is -0.121. The molecule has 2 N–H and O–H groups in total. The standard InChI is InChI=1S/C17H25NO3/c19-16(15-7-2-1-3-8-15)9-4-10-17(20)18-12-14-6-5-11-21-13-14/h1-3,7-8,14,16,19H,4-6,9-13H2,(H,18,20)/t14-,16+/m0/s1. The molecule has 1 aliphatic rings. The van der Waals surface area contributed by atoms with Crippen LogP contribution >= 0.6 is 0 Å². The Morgan fingerprint density at radius 3 is 2.90 bits per heavy atom. The molecule has 1 aromatic carbocycles. The van der Waals surface area contributed by atoms with E-state index >= 15 is 0 Å². The van der Waals surface area contributed by atoms with Gasteiger partial charge < -0.3 is 15.2 Å². The quantitative estimate of drug-likeness (QED) is 0.811. The minimum Gasteiger partial charge on any atom is -0.388 e. The minimum absolute atomic E-state index is 0.0702. The molecule has 1 saturated heterocycles. The molecule has 1 amide bonds. The third kappa shape index (κ3) is 5.86. The average molecular weight is 291 g/mol. The van der Waals surface area contributed by atoms with Crippen molar-refractivity contribution in [3.8, 4) is 0 Å². The summed E-state index contributed by atoms with van der Waals surface area (Å²) in [5, 5.41) is 13.0. The molecule has 0 spiro atoms. The van der Waals surface area contributed by atoms with E-state index in [0.717, 1.165) is 31.6 Å². The van der Waals surface area contributed by atoms with Gasteiger partial charge >= 0.3 is 0 Å². The molecule has 2 rings (SSSR count). The van der Waals surface area contributed by atoms with E-state index in [9.17, 15) is 9.90 Å². The fourth-order valence-corrected chi connectivity index (χ4v) is 2.61. The molecule has 0 unspecified atom stereocenters. The summed E-state index contributed by atoms with van der Waals surface area (Å²) in [6.07, 6.45) is 3.52. The first kappa shape index (κ1) is 16.0. The number of rotatable bonds is 7. The van der Waals surface area contributed by atoms with Gasteiger partial charge in [-0.2, -0.15) is 0 Å². The number of ether oxygens (including phenoxy) is 1. The number of carbonyl (C=O) groups is 1. The summed E-state index contributed by atoms with van der Waals surface area (Å²) in [5.74, 6) is 0.526. The van der Waals surface area contributed by atoms with E-state index in [1.165, 1.54) is 0 Å². The highest BCUT2D eigenvalue weighted by molar-refractivity contribution is 5.75. The smallest absolute Gasteiger partial charge is 0.220 e. The molecular formula is C17H25NO3. The van der Waals surface area contributed by atoms with Crippen molar-refractivity contribution in [1.82, 2.24) is 5.32 Å². The Balaban J connectivity index is 1.58. The Hall–Kier alpha value is -1.39. The van der Waals surface area contributed by atoms with Crippen LogP contribution in [0.15, 0.2) is 30.3 Å². The number of nitrogens with one attached hydrogen (secondary N) is 1. The van der Waals surface area contributed by atoms with Gasteiger partial charge in [-0.1, -0.05) is 30.3 Å². The fourth-order valence-electron chi connectivity index (χ4n) is 2.61. The predicted octanol–water partition coefficient (Wildman–Crippen LogP) is 2.43. The van der Waals surface area contributed by atoms with E-state index < -0.39 is 6.10 Å². The van der Waals surface area contributed by atoms with Crippen LogP contribution in [-0.2, 0) is 9.53 Å². The Kier molecular flexibility index (Phi) is 6.70. The topological polar surface area (TPSA) is 58.6 Å². The summed E-state index contributed by atoms with van der Waals surface area (Å²) in [4.78, 5) is 11.8. The van der Waals surface area contributed by atoms with Crippen molar-refractivity contribution in [2.45, 2.75) is 38.2 Å². The first-order valence-corrected chi connectivity index (χ1v) is 7.83. The highest BCUT2D eigenvalue weighted by Crippen LogP contribution is 2.18. The Morgan fingerprint density at radius 1 is 1.38 bits per heavy atom. The van der Waals surface area contributed by atoms with Crippen molar-refractivity contribution in [1.29, 1.82) is 0 Å². The molecule has 1 aliphatic heterocycles. The van der Waals surface area contributed by atoms with Gasteiger partial charge in [0, 0.05) is 19.6 Å². The Labute approximate surface area is 126 Å². The van der Waals surface area contributed by atoms with Gasteiger partial charge in [0.15, 0.2) is 0 Å². The summed E-state index contributed by atoms with van der Waals surface area (Å²) in [7, 11) is 0. The number of aliphatic hydroxyl groups is 1. The zero-order valence-electron chi connectivity index (χ0n) is 12.5. The highest BCUT2D eigenvalue weighted by Gasteiger charge is 2.15. The van der Waals surface area contributed by atoms with Crippen LogP contribution in [0.1, 0.15) is 43.8 Å². The van der Waals surface area contributed by atoms with Gasteiger partial charge in [0.1, 0.15) is 0 Å². The maximum Gasteiger partial charge on any atom is 0.220 e. The summed E-state index contributed by atoms with van der Waals surface area (Å²) < 4.78 is 5.39. The zero-order valence-corrected chi connectivity index (χ0v) is 12.5. The summed E-state index contributed by atoms with van der Waals surface area (Å²) in [6, 6.07) is 9.58.